The number of hydrogen-bond acceptors (Lipinski definition) is 5. The zero-order valence-corrected chi connectivity index (χ0v) is 15.2. The molecule has 0 aliphatic carbocycles. The smallest absolute Gasteiger partial charge is 0.326 e. The third kappa shape index (κ3) is 6.56. The van der Waals surface area contributed by atoms with Gasteiger partial charge in [-0.2, -0.15) is 0 Å². The molecule has 2 rings (SSSR count). The van der Waals surface area contributed by atoms with E-state index in [-0.39, 0.29) is 18.1 Å². The number of aliphatic carboxylic acids is 1. The fourth-order valence-electron chi connectivity index (χ4n) is 2.31. The normalized spacial score (nSPS) is 11.2. The molecule has 0 radical (unpaired) electrons. The average molecular weight is 384 g/mol. The Kier molecular flexibility index (Phi) is 7.27. The molecule has 2 amide bonds. The number of nitrogens with one attached hydrogen (secondary N) is 2. The van der Waals surface area contributed by atoms with Crippen LogP contribution in [0.15, 0.2) is 54.6 Å². The van der Waals surface area contributed by atoms with Gasteiger partial charge in [0, 0.05) is 18.2 Å². The van der Waals surface area contributed by atoms with Crippen LogP contribution in [0, 0.1) is 0 Å². The minimum absolute atomic E-state index is 0.0184. The Bertz CT molecular complexity index is 849. The van der Waals surface area contributed by atoms with Gasteiger partial charge in [-0.05, 0) is 29.8 Å². The fourth-order valence-corrected chi connectivity index (χ4v) is 2.31. The van der Waals surface area contributed by atoms with Gasteiger partial charge in [-0.1, -0.05) is 30.3 Å². The number of carbonyl (C=O) groups is 4. The standard InChI is InChI=1S/C20H20N2O6/c1-13(23)21-16-9-7-15(8-10-16)19(25)22-17(20(26)27)11-18(24)28-12-14-5-3-2-4-6-14/h2-10,17H,11-12H2,1H3,(H,21,23)(H,22,25)(H,26,27)/t17-/m1/s1. The summed E-state index contributed by atoms with van der Waals surface area (Å²) in [5.74, 6) is -2.99. The minimum atomic E-state index is -1.43. The molecule has 146 valence electrons. The van der Waals surface area contributed by atoms with E-state index in [1.165, 1.54) is 31.2 Å². The summed E-state index contributed by atoms with van der Waals surface area (Å²) in [4.78, 5) is 46.5. The molecule has 0 aromatic heterocycles. The Morgan fingerprint density at radius 3 is 2.21 bits per heavy atom. The number of benzene rings is 2. The molecule has 3 N–H and O–H groups in total. The molecule has 0 saturated carbocycles. The molecular formula is C20H20N2O6. The van der Waals surface area contributed by atoms with Gasteiger partial charge in [0.15, 0.2) is 0 Å². The van der Waals surface area contributed by atoms with E-state index in [2.05, 4.69) is 10.6 Å². The lowest BCUT2D eigenvalue weighted by Gasteiger charge is -2.14. The van der Waals surface area contributed by atoms with Crippen molar-refractivity contribution in [3.05, 3.63) is 65.7 Å². The Morgan fingerprint density at radius 2 is 1.64 bits per heavy atom. The molecule has 0 unspecified atom stereocenters. The van der Waals surface area contributed by atoms with Crippen molar-refractivity contribution in [2.45, 2.75) is 26.0 Å². The van der Waals surface area contributed by atoms with Crippen LogP contribution in [-0.4, -0.2) is 34.9 Å². The summed E-state index contributed by atoms with van der Waals surface area (Å²) in [5, 5.41) is 14.1. The van der Waals surface area contributed by atoms with Crippen LogP contribution in [0.4, 0.5) is 5.69 Å². The first-order valence-corrected chi connectivity index (χ1v) is 8.46. The summed E-state index contributed by atoms with van der Waals surface area (Å²) in [6.45, 7) is 1.37. The van der Waals surface area contributed by atoms with Crippen molar-refractivity contribution >= 4 is 29.4 Å². The van der Waals surface area contributed by atoms with Crippen molar-refractivity contribution in [2.75, 3.05) is 5.32 Å². The van der Waals surface area contributed by atoms with Gasteiger partial charge in [-0.3, -0.25) is 14.4 Å². The molecule has 1 atom stereocenters. The minimum Gasteiger partial charge on any atom is -0.480 e. The van der Waals surface area contributed by atoms with E-state index >= 15 is 0 Å². The highest BCUT2D eigenvalue weighted by Gasteiger charge is 2.24. The molecule has 8 heteroatoms. The molecule has 0 fully saturated rings. The van der Waals surface area contributed by atoms with Crippen molar-refractivity contribution in [3.8, 4) is 0 Å². The van der Waals surface area contributed by atoms with Gasteiger partial charge in [0.25, 0.3) is 5.91 Å². The molecule has 2 aromatic rings. The number of carbonyl (C=O) groups excluding carboxylic acids is 3. The van der Waals surface area contributed by atoms with Crippen LogP contribution >= 0.6 is 0 Å². The van der Waals surface area contributed by atoms with Crippen LogP contribution < -0.4 is 10.6 Å². The number of amides is 2. The predicted octanol–water partition coefficient (Wildman–Crippen LogP) is 1.96. The second kappa shape index (κ2) is 9.86. The molecule has 28 heavy (non-hydrogen) atoms. The van der Waals surface area contributed by atoms with Crippen LogP contribution in [0.25, 0.3) is 0 Å². The van der Waals surface area contributed by atoms with Gasteiger partial charge in [-0.15, -0.1) is 0 Å². The topological polar surface area (TPSA) is 122 Å². The van der Waals surface area contributed by atoms with E-state index in [9.17, 15) is 24.3 Å². The quantitative estimate of drug-likeness (QED) is 0.598. The number of ether oxygens (including phenoxy) is 1. The maximum Gasteiger partial charge on any atom is 0.326 e. The Hall–Kier alpha value is -3.68. The van der Waals surface area contributed by atoms with Gasteiger partial charge < -0.3 is 20.5 Å². The molecule has 0 aliphatic rings. The monoisotopic (exact) mass is 384 g/mol. The summed E-state index contributed by atoms with van der Waals surface area (Å²) >= 11 is 0. The summed E-state index contributed by atoms with van der Waals surface area (Å²) < 4.78 is 5.05. The zero-order valence-electron chi connectivity index (χ0n) is 15.2. The Morgan fingerprint density at radius 1 is 1.00 bits per heavy atom. The van der Waals surface area contributed by atoms with Gasteiger partial charge in [-0.25, -0.2) is 4.79 Å². The highest BCUT2D eigenvalue weighted by molar-refractivity contribution is 5.98. The number of esters is 1. The van der Waals surface area contributed by atoms with Gasteiger partial charge in [0.2, 0.25) is 5.91 Å². The first kappa shape index (κ1) is 20.6. The third-order valence-corrected chi connectivity index (χ3v) is 3.68. The molecule has 0 spiro atoms. The lowest BCUT2D eigenvalue weighted by Crippen LogP contribution is -2.42. The molecule has 8 nitrogen and oxygen atoms in total. The fraction of sp³-hybridized carbons (Fsp3) is 0.200. The van der Waals surface area contributed by atoms with Crippen LogP contribution in [0.2, 0.25) is 0 Å². The van der Waals surface area contributed by atoms with E-state index in [0.717, 1.165) is 5.56 Å². The van der Waals surface area contributed by atoms with Crippen LogP contribution in [-0.2, 0) is 25.7 Å². The lowest BCUT2D eigenvalue weighted by atomic mass is 10.1. The highest BCUT2D eigenvalue weighted by atomic mass is 16.5. The zero-order chi connectivity index (χ0) is 20.5. The molecule has 2 aromatic carbocycles. The van der Waals surface area contributed by atoms with Crippen molar-refractivity contribution < 1.29 is 29.0 Å². The van der Waals surface area contributed by atoms with E-state index < -0.39 is 30.3 Å². The molecule has 0 bridgehead atoms. The highest BCUT2D eigenvalue weighted by Crippen LogP contribution is 2.10. The first-order chi connectivity index (χ1) is 13.3. The van der Waals surface area contributed by atoms with Crippen LogP contribution in [0.1, 0.15) is 29.3 Å². The number of anilines is 1. The van der Waals surface area contributed by atoms with Crippen molar-refractivity contribution in [1.29, 1.82) is 0 Å². The van der Waals surface area contributed by atoms with E-state index in [0.29, 0.717) is 5.69 Å². The number of hydrogen-bond donors (Lipinski definition) is 3. The summed E-state index contributed by atoms with van der Waals surface area (Å²) in [5.41, 5.74) is 1.47. The van der Waals surface area contributed by atoms with Gasteiger partial charge >= 0.3 is 11.9 Å². The van der Waals surface area contributed by atoms with Crippen molar-refractivity contribution in [1.82, 2.24) is 5.32 Å². The van der Waals surface area contributed by atoms with E-state index in [1.807, 2.05) is 6.07 Å². The third-order valence-electron chi connectivity index (χ3n) is 3.68. The van der Waals surface area contributed by atoms with E-state index in [1.54, 1.807) is 24.3 Å². The second-order valence-electron chi connectivity index (χ2n) is 5.97. The van der Waals surface area contributed by atoms with Crippen molar-refractivity contribution in [2.24, 2.45) is 0 Å². The number of carboxylic acids is 1. The molecular weight excluding hydrogens is 364 g/mol. The SMILES string of the molecule is CC(=O)Nc1ccc(C(=O)N[C@H](CC(=O)OCc2ccccc2)C(=O)O)cc1. The molecule has 0 aliphatic heterocycles. The van der Waals surface area contributed by atoms with Crippen molar-refractivity contribution in [3.63, 3.8) is 0 Å². The second-order valence-corrected chi connectivity index (χ2v) is 5.97. The molecule has 0 saturated heterocycles. The first-order valence-electron chi connectivity index (χ1n) is 8.46. The predicted molar refractivity (Wildman–Crippen MR) is 100 cm³/mol. The Balaban J connectivity index is 1.92. The number of carboxylic acid groups (broad SMARTS) is 1. The summed E-state index contributed by atoms with van der Waals surface area (Å²) in [6.07, 6.45) is -0.502. The summed E-state index contributed by atoms with van der Waals surface area (Å²) in [6, 6.07) is 13.4. The van der Waals surface area contributed by atoms with E-state index in [4.69, 9.17) is 4.74 Å². The summed E-state index contributed by atoms with van der Waals surface area (Å²) in [7, 11) is 0. The van der Waals surface area contributed by atoms with Gasteiger partial charge in [0.05, 0.1) is 6.42 Å². The lowest BCUT2D eigenvalue weighted by molar-refractivity contribution is -0.150. The maximum atomic E-state index is 12.2. The van der Waals surface area contributed by atoms with Crippen LogP contribution in [0.5, 0.6) is 0 Å². The average Bonchev–Trinajstić information content (AvgIpc) is 2.66. The number of rotatable bonds is 8. The van der Waals surface area contributed by atoms with Crippen LogP contribution in [0.3, 0.4) is 0 Å². The van der Waals surface area contributed by atoms with Gasteiger partial charge in [0.1, 0.15) is 12.6 Å². The molecule has 0 heterocycles. The Labute approximate surface area is 161 Å². The maximum absolute atomic E-state index is 12.2. The largest absolute Gasteiger partial charge is 0.480 e.